The highest BCUT2D eigenvalue weighted by Crippen LogP contribution is 2.38. The Kier molecular flexibility index (Phi) is 6.39. The van der Waals surface area contributed by atoms with Gasteiger partial charge in [-0.15, -0.1) is 0 Å². The van der Waals surface area contributed by atoms with Crippen molar-refractivity contribution in [2.24, 2.45) is 4.99 Å². The lowest BCUT2D eigenvalue weighted by molar-refractivity contribution is -0.129. The molecular formula is C24H17BrClNO4. The standard InChI is InChI=1S/C24H17BrClNO4/c1-29-21-13-16(11-19(26)22(21)30-14-15-7-9-18(25)10-8-15)12-20-24(28)31-23(27-20)17-5-3-2-4-6-17/h2-13H,14H2,1H3/b20-12-. The van der Waals surface area contributed by atoms with Crippen molar-refractivity contribution in [1.82, 2.24) is 0 Å². The van der Waals surface area contributed by atoms with Gasteiger partial charge in [-0.05, 0) is 53.6 Å². The second-order valence-corrected chi connectivity index (χ2v) is 7.97. The SMILES string of the molecule is COc1cc(/C=C2\N=C(c3ccccc3)OC2=O)cc(Cl)c1OCc1ccc(Br)cc1. The van der Waals surface area contributed by atoms with E-state index < -0.39 is 5.97 Å². The van der Waals surface area contributed by atoms with Gasteiger partial charge in [0.15, 0.2) is 17.2 Å². The third-order valence-electron chi connectivity index (χ3n) is 4.49. The van der Waals surface area contributed by atoms with Gasteiger partial charge in [-0.3, -0.25) is 0 Å². The number of halogens is 2. The van der Waals surface area contributed by atoms with Crippen LogP contribution in [-0.2, 0) is 16.1 Å². The zero-order chi connectivity index (χ0) is 21.8. The average molecular weight is 499 g/mol. The van der Waals surface area contributed by atoms with Crippen LogP contribution in [0.5, 0.6) is 11.5 Å². The van der Waals surface area contributed by atoms with Crippen LogP contribution in [0.3, 0.4) is 0 Å². The smallest absolute Gasteiger partial charge is 0.363 e. The molecule has 0 fully saturated rings. The number of benzene rings is 3. The minimum absolute atomic E-state index is 0.181. The Hall–Kier alpha value is -3.09. The zero-order valence-electron chi connectivity index (χ0n) is 16.5. The second kappa shape index (κ2) is 9.37. The van der Waals surface area contributed by atoms with E-state index in [0.717, 1.165) is 15.6 Å². The molecule has 156 valence electrons. The van der Waals surface area contributed by atoms with Crippen LogP contribution in [0, 0.1) is 0 Å². The fraction of sp³-hybridized carbons (Fsp3) is 0.0833. The van der Waals surface area contributed by atoms with E-state index in [1.54, 1.807) is 18.2 Å². The Morgan fingerprint density at radius 3 is 2.55 bits per heavy atom. The van der Waals surface area contributed by atoms with E-state index in [2.05, 4.69) is 20.9 Å². The third kappa shape index (κ3) is 4.98. The number of cyclic esters (lactones) is 1. The molecule has 1 aliphatic heterocycles. The lowest BCUT2D eigenvalue weighted by Gasteiger charge is -2.13. The molecule has 5 nitrogen and oxygen atoms in total. The number of carbonyl (C=O) groups is 1. The molecule has 1 aliphatic rings. The number of hydrogen-bond acceptors (Lipinski definition) is 5. The highest BCUT2D eigenvalue weighted by atomic mass is 79.9. The molecule has 1 heterocycles. The Balaban J connectivity index is 1.58. The lowest BCUT2D eigenvalue weighted by Crippen LogP contribution is -2.05. The minimum Gasteiger partial charge on any atom is -0.493 e. The molecule has 0 amide bonds. The predicted molar refractivity (Wildman–Crippen MR) is 124 cm³/mol. The number of methoxy groups -OCH3 is 1. The van der Waals surface area contributed by atoms with Gasteiger partial charge in [0.25, 0.3) is 0 Å². The molecule has 0 aromatic heterocycles. The first-order chi connectivity index (χ1) is 15.0. The van der Waals surface area contributed by atoms with Crippen molar-refractivity contribution in [3.8, 4) is 11.5 Å². The maximum absolute atomic E-state index is 12.3. The largest absolute Gasteiger partial charge is 0.493 e. The number of carbonyl (C=O) groups excluding carboxylic acids is 1. The van der Waals surface area contributed by atoms with Crippen molar-refractivity contribution in [1.29, 1.82) is 0 Å². The molecule has 0 unspecified atom stereocenters. The van der Waals surface area contributed by atoms with Crippen molar-refractivity contribution < 1.29 is 19.0 Å². The molecule has 3 aromatic carbocycles. The molecule has 4 rings (SSSR count). The molecular weight excluding hydrogens is 482 g/mol. The second-order valence-electron chi connectivity index (χ2n) is 6.65. The van der Waals surface area contributed by atoms with E-state index in [-0.39, 0.29) is 11.6 Å². The number of nitrogens with zero attached hydrogens (tertiary/aromatic N) is 1. The highest BCUT2D eigenvalue weighted by molar-refractivity contribution is 9.10. The molecule has 0 saturated heterocycles. The van der Waals surface area contributed by atoms with Crippen LogP contribution < -0.4 is 9.47 Å². The van der Waals surface area contributed by atoms with Gasteiger partial charge in [-0.25, -0.2) is 9.79 Å². The molecule has 0 spiro atoms. The number of aliphatic imine (C=N–C) groups is 1. The predicted octanol–water partition coefficient (Wildman–Crippen LogP) is 6.03. The van der Waals surface area contributed by atoms with Gasteiger partial charge in [0, 0.05) is 10.0 Å². The topological polar surface area (TPSA) is 57.1 Å². The van der Waals surface area contributed by atoms with Crippen molar-refractivity contribution >= 4 is 45.5 Å². The summed E-state index contributed by atoms with van der Waals surface area (Å²) >= 11 is 9.87. The Morgan fingerprint density at radius 1 is 1.10 bits per heavy atom. The van der Waals surface area contributed by atoms with E-state index in [4.69, 9.17) is 25.8 Å². The van der Waals surface area contributed by atoms with Crippen molar-refractivity contribution in [3.63, 3.8) is 0 Å². The maximum Gasteiger partial charge on any atom is 0.363 e. The molecule has 0 N–H and O–H groups in total. The first-order valence-electron chi connectivity index (χ1n) is 9.36. The quantitative estimate of drug-likeness (QED) is 0.307. The summed E-state index contributed by atoms with van der Waals surface area (Å²) in [6, 6.07) is 20.5. The molecule has 31 heavy (non-hydrogen) atoms. The van der Waals surface area contributed by atoms with Crippen LogP contribution in [0.25, 0.3) is 6.08 Å². The van der Waals surface area contributed by atoms with Crippen LogP contribution in [0.2, 0.25) is 5.02 Å². The van der Waals surface area contributed by atoms with Gasteiger partial charge in [-0.2, -0.15) is 0 Å². The molecule has 0 radical (unpaired) electrons. The molecule has 7 heteroatoms. The van der Waals surface area contributed by atoms with E-state index in [0.29, 0.717) is 28.7 Å². The Morgan fingerprint density at radius 2 is 1.84 bits per heavy atom. The summed E-state index contributed by atoms with van der Waals surface area (Å²) < 4.78 is 17.6. The molecule has 0 atom stereocenters. The Bertz CT molecular complexity index is 1170. The summed E-state index contributed by atoms with van der Waals surface area (Å²) in [5.41, 5.74) is 2.54. The van der Waals surface area contributed by atoms with Crippen molar-refractivity contribution in [3.05, 3.63) is 98.6 Å². The first kappa shape index (κ1) is 21.2. The lowest BCUT2D eigenvalue weighted by atomic mass is 10.1. The van der Waals surface area contributed by atoms with Crippen LogP contribution in [0.4, 0.5) is 0 Å². The normalized spacial score (nSPS) is 14.4. The summed E-state index contributed by atoms with van der Waals surface area (Å²) in [7, 11) is 1.53. The van der Waals surface area contributed by atoms with Crippen molar-refractivity contribution in [2.45, 2.75) is 6.61 Å². The maximum atomic E-state index is 12.3. The number of rotatable bonds is 6. The van der Waals surface area contributed by atoms with Gasteiger partial charge >= 0.3 is 5.97 Å². The fourth-order valence-electron chi connectivity index (χ4n) is 2.97. The summed E-state index contributed by atoms with van der Waals surface area (Å²) in [6.07, 6.45) is 1.60. The van der Waals surface area contributed by atoms with Crippen LogP contribution in [0.1, 0.15) is 16.7 Å². The van der Waals surface area contributed by atoms with Gasteiger partial charge in [-0.1, -0.05) is 57.9 Å². The van der Waals surface area contributed by atoms with Crippen LogP contribution in [-0.4, -0.2) is 19.0 Å². The zero-order valence-corrected chi connectivity index (χ0v) is 18.8. The summed E-state index contributed by atoms with van der Waals surface area (Å²) in [4.78, 5) is 16.6. The van der Waals surface area contributed by atoms with E-state index in [1.807, 2.05) is 54.6 Å². The van der Waals surface area contributed by atoms with Gasteiger partial charge in [0.2, 0.25) is 5.90 Å². The number of hydrogen-bond donors (Lipinski definition) is 0. The number of esters is 1. The fourth-order valence-corrected chi connectivity index (χ4v) is 3.51. The van der Waals surface area contributed by atoms with Crippen LogP contribution >= 0.6 is 27.5 Å². The summed E-state index contributed by atoms with van der Waals surface area (Å²) in [5, 5.41) is 0.363. The van der Waals surface area contributed by atoms with Crippen molar-refractivity contribution in [2.75, 3.05) is 7.11 Å². The van der Waals surface area contributed by atoms with Gasteiger partial charge < -0.3 is 14.2 Å². The van der Waals surface area contributed by atoms with E-state index in [1.165, 1.54) is 7.11 Å². The molecule has 0 bridgehead atoms. The average Bonchev–Trinajstić information content (AvgIpc) is 3.14. The molecule has 0 aliphatic carbocycles. The van der Waals surface area contributed by atoms with Crippen LogP contribution in [0.15, 0.2) is 81.9 Å². The van der Waals surface area contributed by atoms with E-state index in [9.17, 15) is 4.79 Å². The number of ether oxygens (including phenoxy) is 3. The monoisotopic (exact) mass is 497 g/mol. The highest BCUT2D eigenvalue weighted by Gasteiger charge is 2.24. The molecule has 0 saturated carbocycles. The Labute approximate surface area is 193 Å². The summed E-state index contributed by atoms with van der Waals surface area (Å²) in [6.45, 7) is 0.334. The molecule has 3 aromatic rings. The van der Waals surface area contributed by atoms with Gasteiger partial charge in [0.05, 0.1) is 12.1 Å². The third-order valence-corrected chi connectivity index (χ3v) is 5.30. The first-order valence-corrected chi connectivity index (χ1v) is 10.5. The van der Waals surface area contributed by atoms with E-state index >= 15 is 0 Å². The van der Waals surface area contributed by atoms with Gasteiger partial charge in [0.1, 0.15) is 6.61 Å². The minimum atomic E-state index is -0.524. The summed E-state index contributed by atoms with van der Waals surface area (Å²) in [5.74, 6) is 0.626.